The van der Waals surface area contributed by atoms with Gasteiger partial charge in [-0.25, -0.2) is 4.99 Å². The van der Waals surface area contributed by atoms with Crippen LogP contribution in [0.4, 0.5) is 0 Å². The second-order valence-corrected chi connectivity index (χ2v) is 14.8. The molecule has 11 aromatic rings. The van der Waals surface area contributed by atoms with E-state index in [-0.39, 0.29) is 12.3 Å². The number of nitrogens with one attached hydrogen (secondary N) is 2. The van der Waals surface area contributed by atoms with Gasteiger partial charge in [-0.05, 0) is 82.9 Å². The molecular weight excluding hydrogens is 701 g/mol. The SMILES string of the molecule is c1ccc(C2=NC(c3ccc4oc5ccc(-c6ccc7oc8cc(-n9c%10ccccc%10c%10ccccc%109)ccc8c7c6)cc5c4c3)NC(c3ccccc3)N2)cc1. The zero-order chi connectivity index (χ0) is 37.5. The zero-order valence-electron chi connectivity index (χ0n) is 30.7. The lowest BCUT2D eigenvalue weighted by Gasteiger charge is -2.32. The number of para-hydroxylation sites is 2. The van der Waals surface area contributed by atoms with Crippen molar-refractivity contribution in [1.82, 2.24) is 15.2 Å². The van der Waals surface area contributed by atoms with E-state index in [1.165, 1.54) is 21.8 Å². The van der Waals surface area contributed by atoms with Gasteiger partial charge in [0.2, 0.25) is 0 Å². The van der Waals surface area contributed by atoms with Gasteiger partial charge in [-0.15, -0.1) is 0 Å². The lowest BCUT2D eigenvalue weighted by molar-refractivity contribution is 0.409. The fraction of sp³-hybridized carbons (Fsp3) is 0.0392. The van der Waals surface area contributed by atoms with E-state index in [4.69, 9.17) is 13.8 Å². The van der Waals surface area contributed by atoms with Gasteiger partial charge in [0, 0.05) is 49.6 Å². The number of aliphatic imine (C=N–C) groups is 1. The van der Waals surface area contributed by atoms with Gasteiger partial charge in [-0.3, -0.25) is 5.32 Å². The van der Waals surface area contributed by atoms with Crippen molar-refractivity contribution in [3.8, 4) is 16.8 Å². The predicted molar refractivity (Wildman–Crippen MR) is 232 cm³/mol. The summed E-state index contributed by atoms with van der Waals surface area (Å²) < 4.78 is 15.2. The van der Waals surface area contributed by atoms with Gasteiger partial charge in [0.05, 0.1) is 11.0 Å². The molecule has 12 rings (SSSR count). The van der Waals surface area contributed by atoms with Gasteiger partial charge in [0.25, 0.3) is 0 Å². The molecule has 2 unspecified atom stereocenters. The molecule has 270 valence electrons. The van der Waals surface area contributed by atoms with Crippen molar-refractivity contribution in [2.75, 3.05) is 0 Å². The highest BCUT2D eigenvalue weighted by Crippen LogP contribution is 2.39. The lowest BCUT2D eigenvalue weighted by atomic mass is 10.00. The summed E-state index contributed by atoms with van der Waals surface area (Å²) in [7, 11) is 0. The van der Waals surface area contributed by atoms with Gasteiger partial charge in [0.15, 0.2) is 0 Å². The smallest absolute Gasteiger partial charge is 0.137 e. The lowest BCUT2D eigenvalue weighted by Crippen LogP contribution is -2.44. The predicted octanol–water partition coefficient (Wildman–Crippen LogP) is 12.6. The standard InChI is InChI=1S/C51H34N4O2/c1-3-11-31(12-4-1)49-52-50(32-13-5-2-6-14-32)54-51(53-49)35-21-26-47-42(29-35)41-28-34(20-25-46(41)56-47)33-19-24-45-40(27-33)39-23-22-36(30-48(39)57-45)55-43-17-9-7-15-37(43)38-16-8-10-18-44(38)55/h1-30,49,51,53H,(H,52,54). The molecular formula is C51H34N4O2. The van der Waals surface area contributed by atoms with E-state index in [0.717, 1.165) is 83.2 Å². The summed E-state index contributed by atoms with van der Waals surface area (Å²) in [5, 5.41) is 14.2. The fourth-order valence-corrected chi connectivity index (χ4v) is 8.72. The van der Waals surface area contributed by atoms with E-state index < -0.39 is 0 Å². The highest BCUT2D eigenvalue weighted by molar-refractivity contribution is 6.11. The quantitative estimate of drug-likeness (QED) is 0.185. The van der Waals surface area contributed by atoms with Crippen LogP contribution in [-0.2, 0) is 0 Å². The van der Waals surface area contributed by atoms with Crippen molar-refractivity contribution in [1.29, 1.82) is 0 Å². The van der Waals surface area contributed by atoms with E-state index >= 15 is 0 Å². The van der Waals surface area contributed by atoms with Crippen LogP contribution in [0.25, 0.3) is 82.5 Å². The van der Waals surface area contributed by atoms with Gasteiger partial charge in [-0.1, -0.05) is 115 Å². The number of hydrogen-bond donors (Lipinski definition) is 2. The molecule has 0 bridgehead atoms. The number of amidine groups is 1. The Kier molecular flexibility index (Phi) is 7.03. The Morgan fingerprint density at radius 3 is 1.70 bits per heavy atom. The molecule has 57 heavy (non-hydrogen) atoms. The van der Waals surface area contributed by atoms with Gasteiger partial charge in [-0.2, -0.15) is 0 Å². The number of benzene rings is 8. The maximum atomic E-state index is 6.51. The monoisotopic (exact) mass is 734 g/mol. The summed E-state index contributed by atoms with van der Waals surface area (Å²) in [4.78, 5) is 5.18. The minimum absolute atomic E-state index is 0.110. The van der Waals surface area contributed by atoms with Crippen molar-refractivity contribution >= 4 is 71.5 Å². The van der Waals surface area contributed by atoms with Crippen LogP contribution >= 0.6 is 0 Å². The average molecular weight is 735 g/mol. The molecule has 0 aliphatic carbocycles. The van der Waals surface area contributed by atoms with Crippen LogP contribution in [0.5, 0.6) is 0 Å². The molecule has 0 spiro atoms. The third kappa shape index (κ3) is 5.19. The summed E-state index contributed by atoms with van der Waals surface area (Å²) in [6.45, 7) is 0. The summed E-state index contributed by atoms with van der Waals surface area (Å²) in [6, 6.07) is 63.9. The Balaban J connectivity index is 0.927. The molecule has 0 saturated carbocycles. The number of fused-ring (bicyclic) bond motifs is 9. The van der Waals surface area contributed by atoms with Crippen molar-refractivity contribution in [3.05, 3.63) is 199 Å². The van der Waals surface area contributed by atoms with Gasteiger partial charge in [0.1, 0.15) is 40.5 Å². The number of hydrogen-bond acceptors (Lipinski definition) is 5. The van der Waals surface area contributed by atoms with Gasteiger partial charge >= 0.3 is 0 Å². The molecule has 2 atom stereocenters. The largest absolute Gasteiger partial charge is 0.456 e. The molecule has 0 amide bonds. The van der Waals surface area contributed by atoms with Crippen molar-refractivity contribution in [2.45, 2.75) is 12.3 Å². The molecule has 0 radical (unpaired) electrons. The highest BCUT2D eigenvalue weighted by Gasteiger charge is 2.26. The second-order valence-electron chi connectivity index (χ2n) is 14.8. The van der Waals surface area contributed by atoms with Crippen LogP contribution in [0.2, 0.25) is 0 Å². The van der Waals surface area contributed by atoms with E-state index in [9.17, 15) is 0 Å². The third-order valence-electron chi connectivity index (χ3n) is 11.5. The summed E-state index contributed by atoms with van der Waals surface area (Å²) >= 11 is 0. The Bertz CT molecular complexity index is 3320. The summed E-state index contributed by atoms with van der Waals surface area (Å²) in [6.07, 6.45) is -0.377. The van der Waals surface area contributed by atoms with Crippen molar-refractivity contribution in [3.63, 3.8) is 0 Å². The van der Waals surface area contributed by atoms with Crippen LogP contribution in [0.1, 0.15) is 29.0 Å². The minimum Gasteiger partial charge on any atom is -0.456 e. The van der Waals surface area contributed by atoms with Crippen LogP contribution in [0, 0.1) is 0 Å². The van der Waals surface area contributed by atoms with Crippen LogP contribution in [0.3, 0.4) is 0 Å². The topological polar surface area (TPSA) is 67.6 Å². The molecule has 0 saturated heterocycles. The molecule has 3 aromatic heterocycles. The maximum absolute atomic E-state index is 6.51. The number of rotatable bonds is 5. The molecule has 1 aliphatic rings. The first-order valence-corrected chi connectivity index (χ1v) is 19.3. The van der Waals surface area contributed by atoms with E-state index in [1.807, 2.05) is 24.3 Å². The zero-order valence-corrected chi connectivity index (χ0v) is 30.7. The molecule has 6 heteroatoms. The second kappa shape index (κ2) is 12.6. The number of aromatic nitrogens is 1. The molecule has 0 fully saturated rings. The molecule has 6 nitrogen and oxygen atoms in total. The number of furan rings is 2. The van der Waals surface area contributed by atoms with E-state index in [2.05, 4.69) is 173 Å². The highest BCUT2D eigenvalue weighted by atomic mass is 16.3. The van der Waals surface area contributed by atoms with Crippen LogP contribution in [-0.4, -0.2) is 10.4 Å². The number of nitrogens with zero attached hydrogens (tertiary/aromatic N) is 2. The van der Waals surface area contributed by atoms with Gasteiger partial charge < -0.3 is 18.7 Å². The Morgan fingerprint density at radius 1 is 0.421 bits per heavy atom. The normalized spacial score (nSPS) is 15.9. The third-order valence-corrected chi connectivity index (χ3v) is 11.5. The van der Waals surface area contributed by atoms with Crippen molar-refractivity contribution < 1.29 is 8.83 Å². The maximum Gasteiger partial charge on any atom is 0.137 e. The Morgan fingerprint density at radius 2 is 1.00 bits per heavy atom. The molecule has 4 heterocycles. The molecule has 2 N–H and O–H groups in total. The Hall–Kier alpha value is -7.41. The molecule has 1 aliphatic heterocycles. The first-order valence-electron chi connectivity index (χ1n) is 19.3. The Labute approximate surface area is 327 Å². The first-order chi connectivity index (χ1) is 28.2. The minimum atomic E-state index is -0.267. The van der Waals surface area contributed by atoms with Crippen LogP contribution < -0.4 is 10.6 Å². The van der Waals surface area contributed by atoms with Crippen molar-refractivity contribution in [2.24, 2.45) is 4.99 Å². The van der Waals surface area contributed by atoms with E-state index in [1.54, 1.807) is 0 Å². The summed E-state index contributed by atoms with van der Waals surface area (Å²) in [5.41, 5.74) is 12.4. The average Bonchev–Trinajstić information content (AvgIpc) is 3.95. The first kappa shape index (κ1) is 31.9. The molecule has 8 aromatic carbocycles. The van der Waals surface area contributed by atoms with E-state index in [0.29, 0.717) is 0 Å². The fourth-order valence-electron chi connectivity index (χ4n) is 8.72. The van der Waals surface area contributed by atoms with Crippen LogP contribution in [0.15, 0.2) is 196 Å². The summed E-state index contributed by atoms with van der Waals surface area (Å²) in [5.74, 6) is 0.859.